The van der Waals surface area contributed by atoms with Gasteiger partial charge in [0.05, 0.1) is 31.2 Å². The monoisotopic (exact) mass is 374 g/mol. The Morgan fingerprint density at radius 1 is 1.33 bits per heavy atom. The maximum Gasteiger partial charge on any atom is 0.275 e. The maximum atomic E-state index is 12.7. The van der Waals surface area contributed by atoms with Crippen LogP contribution in [0.4, 0.5) is 0 Å². The molecule has 24 heavy (non-hydrogen) atoms. The van der Waals surface area contributed by atoms with E-state index in [1.54, 1.807) is 18.2 Å². The Balaban J connectivity index is 1.93. The van der Waals surface area contributed by atoms with E-state index in [9.17, 15) is 13.2 Å². The number of hydrogen-bond donors (Lipinski definition) is 2. The molecule has 0 bridgehead atoms. The predicted octanol–water partition coefficient (Wildman–Crippen LogP) is 0.144. The number of sulfonamides is 1. The number of benzene rings is 1. The number of hydrogen-bond acceptors (Lipinski definition) is 3. The number of quaternary nitrogens is 1. The molecule has 0 saturated carbocycles. The average molecular weight is 375 g/mol. The van der Waals surface area contributed by atoms with Crippen LogP contribution in [0.2, 0.25) is 5.02 Å². The summed E-state index contributed by atoms with van der Waals surface area (Å²) in [7, 11) is -3.58. The molecule has 1 heterocycles. The van der Waals surface area contributed by atoms with Crippen LogP contribution in [-0.2, 0) is 14.8 Å². The highest BCUT2D eigenvalue weighted by molar-refractivity contribution is 7.89. The minimum Gasteiger partial charge on any atom is -0.349 e. The minimum absolute atomic E-state index is 0.0155. The van der Waals surface area contributed by atoms with E-state index in [0.29, 0.717) is 32.7 Å². The summed E-state index contributed by atoms with van der Waals surface area (Å²) in [6, 6.07) is 6.64. The Morgan fingerprint density at radius 2 is 1.96 bits per heavy atom. The quantitative estimate of drug-likeness (QED) is 0.744. The van der Waals surface area contributed by atoms with Crippen LogP contribution in [0.15, 0.2) is 29.2 Å². The first-order valence-corrected chi connectivity index (χ1v) is 10.0. The molecule has 1 amide bonds. The Labute approximate surface area is 148 Å². The number of nitrogens with one attached hydrogen (secondary N) is 2. The van der Waals surface area contributed by atoms with Gasteiger partial charge in [0.15, 0.2) is 6.54 Å². The van der Waals surface area contributed by atoms with Gasteiger partial charge in [0.1, 0.15) is 4.90 Å². The largest absolute Gasteiger partial charge is 0.349 e. The Kier molecular flexibility index (Phi) is 6.62. The number of halogens is 1. The topological polar surface area (TPSA) is 70.9 Å². The fourth-order valence-corrected chi connectivity index (χ4v) is 4.60. The summed E-state index contributed by atoms with van der Waals surface area (Å²) in [6.45, 7) is 6.37. The van der Waals surface area contributed by atoms with Gasteiger partial charge in [0, 0.05) is 6.04 Å². The summed E-state index contributed by atoms with van der Waals surface area (Å²) in [5.74, 6) is 0.0155. The molecule has 0 radical (unpaired) electrons. The van der Waals surface area contributed by atoms with Crippen LogP contribution < -0.4 is 10.2 Å². The van der Waals surface area contributed by atoms with Crippen LogP contribution in [0.3, 0.4) is 0 Å². The van der Waals surface area contributed by atoms with Gasteiger partial charge >= 0.3 is 0 Å². The van der Waals surface area contributed by atoms with Crippen molar-refractivity contribution < 1.29 is 18.1 Å². The fourth-order valence-electron chi connectivity index (χ4n) is 2.67. The molecule has 1 atom stereocenters. The van der Waals surface area contributed by atoms with Gasteiger partial charge < -0.3 is 10.2 Å². The van der Waals surface area contributed by atoms with Crippen molar-refractivity contribution in [3.05, 3.63) is 29.3 Å². The molecule has 2 rings (SSSR count). The first kappa shape index (κ1) is 19.2. The van der Waals surface area contributed by atoms with Crippen LogP contribution in [0.5, 0.6) is 0 Å². The van der Waals surface area contributed by atoms with Crippen LogP contribution in [-0.4, -0.2) is 57.4 Å². The van der Waals surface area contributed by atoms with E-state index in [0.717, 1.165) is 11.3 Å². The zero-order valence-electron chi connectivity index (χ0n) is 14.1. The van der Waals surface area contributed by atoms with Gasteiger partial charge in [-0.15, -0.1) is 0 Å². The van der Waals surface area contributed by atoms with E-state index >= 15 is 0 Å². The zero-order chi connectivity index (χ0) is 17.7. The fraction of sp³-hybridized carbons (Fsp3) is 0.562. The lowest BCUT2D eigenvalue weighted by atomic mass is 10.2. The highest BCUT2D eigenvalue weighted by atomic mass is 35.5. The SMILES string of the molecule is CC[C@H](C)NC(=O)C[NH+]1CCN(S(=O)(=O)c2ccccc2Cl)CC1. The molecule has 0 aromatic heterocycles. The number of carbonyl (C=O) groups excluding carboxylic acids is 1. The zero-order valence-corrected chi connectivity index (χ0v) is 15.7. The van der Waals surface area contributed by atoms with Crippen molar-refractivity contribution in [1.82, 2.24) is 9.62 Å². The van der Waals surface area contributed by atoms with Gasteiger partial charge in [-0.2, -0.15) is 4.31 Å². The van der Waals surface area contributed by atoms with Crippen molar-refractivity contribution >= 4 is 27.5 Å². The van der Waals surface area contributed by atoms with Gasteiger partial charge in [-0.3, -0.25) is 4.79 Å². The molecule has 0 unspecified atom stereocenters. The number of piperazine rings is 1. The molecule has 134 valence electrons. The number of nitrogens with zero attached hydrogens (tertiary/aromatic N) is 1. The van der Waals surface area contributed by atoms with Gasteiger partial charge in [-0.05, 0) is 25.5 Å². The third-order valence-electron chi connectivity index (χ3n) is 4.31. The van der Waals surface area contributed by atoms with E-state index < -0.39 is 10.0 Å². The smallest absolute Gasteiger partial charge is 0.275 e. The molecule has 0 spiro atoms. The molecular weight excluding hydrogens is 350 g/mol. The van der Waals surface area contributed by atoms with E-state index in [2.05, 4.69) is 5.32 Å². The summed E-state index contributed by atoms with van der Waals surface area (Å²) < 4.78 is 26.8. The lowest BCUT2D eigenvalue weighted by Gasteiger charge is -2.31. The second-order valence-corrected chi connectivity index (χ2v) is 8.45. The molecule has 6 nitrogen and oxygen atoms in total. The van der Waals surface area contributed by atoms with E-state index in [4.69, 9.17) is 11.6 Å². The summed E-state index contributed by atoms with van der Waals surface area (Å²) in [5, 5.41) is 3.18. The lowest BCUT2D eigenvalue weighted by Crippen LogP contribution is -3.15. The Bertz CT molecular complexity index is 673. The molecule has 1 aliphatic heterocycles. The molecule has 1 fully saturated rings. The van der Waals surface area contributed by atoms with Gasteiger partial charge in [-0.1, -0.05) is 30.7 Å². The van der Waals surface area contributed by atoms with Crippen LogP contribution >= 0.6 is 11.6 Å². The molecular formula is C16H25ClN3O3S+. The maximum absolute atomic E-state index is 12.7. The third-order valence-corrected chi connectivity index (χ3v) is 6.71. The molecule has 8 heteroatoms. The second kappa shape index (κ2) is 8.29. The van der Waals surface area contributed by atoms with Crippen LogP contribution in [0, 0.1) is 0 Å². The highest BCUT2D eigenvalue weighted by Gasteiger charge is 2.32. The third kappa shape index (κ3) is 4.69. The minimum atomic E-state index is -3.58. The first-order chi connectivity index (χ1) is 11.3. The summed E-state index contributed by atoms with van der Waals surface area (Å²) >= 11 is 6.02. The normalized spacial score (nSPS) is 18.3. The molecule has 0 aliphatic carbocycles. The predicted molar refractivity (Wildman–Crippen MR) is 93.7 cm³/mol. The van der Waals surface area contributed by atoms with Gasteiger partial charge in [0.2, 0.25) is 10.0 Å². The van der Waals surface area contributed by atoms with Crippen molar-refractivity contribution in [2.45, 2.75) is 31.2 Å². The molecule has 1 aliphatic rings. The highest BCUT2D eigenvalue weighted by Crippen LogP contribution is 2.23. The molecule has 1 saturated heterocycles. The molecule has 1 aromatic carbocycles. The number of carbonyl (C=O) groups is 1. The van der Waals surface area contributed by atoms with Crippen molar-refractivity contribution in [2.75, 3.05) is 32.7 Å². The van der Waals surface area contributed by atoms with Crippen LogP contribution in [0.1, 0.15) is 20.3 Å². The van der Waals surface area contributed by atoms with Gasteiger partial charge in [0.25, 0.3) is 5.91 Å². The summed E-state index contributed by atoms with van der Waals surface area (Å²) in [5.41, 5.74) is 0. The molecule has 1 aromatic rings. The number of rotatable bonds is 6. The van der Waals surface area contributed by atoms with E-state index in [1.165, 1.54) is 10.4 Å². The summed E-state index contributed by atoms with van der Waals surface area (Å²) in [4.78, 5) is 13.2. The van der Waals surface area contributed by atoms with Crippen molar-refractivity contribution in [2.24, 2.45) is 0 Å². The lowest BCUT2D eigenvalue weighted by molar-refractivity contribution is -0.895. The van der Waals surface area contributed by atoms with E-state index in [1.807, 2.05) is 13.8 Å². The standard InChI is InChI=1S/C16H24ClN3O3S/c1-3-13(2)18-16(21)12-19-8-10-20(11-9-19)24(22,23)15-7-5-4-6-14(15)17/h4-7,13H,3,8-12H2,1-2H3,(H,18,21)/p+1/t13-/m0/s1. The van der Waals surface area contributed by atoms with Crippen LogP contribution in [0.25, 0.3) is 0 Å². The first-order valence-electron chi connectivity index (χ1n) is 8.22. The number of amides is 1. The second-order valence-electron chi connectivity index (χ2n) is 6.14. The van der Waals surface area contributed by atoms with Crippen molar-refractivity contribution in [1.29, 1.82) is 0 Å². The average Bonchev–Trinajstić information content (AvgIpc) is 2.55. The van der Waals surface area contributed by atoms with Crippen molar-refractivity contribution in [3.8, 4) is 0 Å². The Morgan fingerprint density at radius 3 is 2.54 bits per heavy atom. The molecule has 2 N–H and O–H groups in total. The van der Waals surface area contributed by atoms with E-state index in [-0.39, 0.29) is 21.9 Å². The Hall–Kier alpha value is -1.15. The van der Waals surface area contributed by atoms with Gasteiger partial charge in [-0.25, -0.2) is 8.42 Å². The van der Waals surface area contributed by atoms with Crippen molar-refractivity contribution in [3.63, 3.8) is 0 Å². The summed E-state index contributed by atoms with van der Waals surface area (Å²) in [6.07, 6.45) is 0.894.